The van der Waals surface area contributed by atoms with Crippen molar-refractivity contribution in [3.05, 3.63) is 35.9 Å². The maximum atomic E-state index is 5.77. The highest BCUT2D eigenvalue weighted by atomic mass is 15.2. The van der Waals surface area contributed by atoms with Crippen LogP contribution in [0.1, 0.15) is 32.3 Å². The molecule has 2 N–H and O–H groups in total. The SMILES string of the molecule is CCCCN(CC)c1nc2ccccc2cc1CCN. The Morgan fingerprint density at radius 1 is 1.20 bits per heavy atom. The summed E-state index contributed by atoms with van der Waals surface area (Å²) >= 11 is 0. The maximum absolute atomic E-state index is 5.77. The van der Waals surface area contributed by atoms with Gasteiger partial charge >= 0.3 is 0 Å². The summed E-state index contributed by atoms with van der Waals surface area (Å²) in [6.45, 7) is 7.14. The van der Waals surface area contributed by atoms with Crippen LogP contribution in [0.4, 0.5) is 5.82 Å². The van der Waals surface area contributed by atoms with Crippen LogP contribution in [-0.4, -0.2) is 24.6 Å². The normalized spacial score (nSPS) is 10.9. The van der Waals surface area contributed by atoms with Gasteiger partial charge in [0, 0.05) is 18.5 Å². The van der Waals surface area contributed by atoms with Crippen molar-refractivity contribution in [2.24, 2.45) is 5.73 Å². The summed E-state index contributed by atoms with van der Waals surface area (Å²) in [6.07, 6.45) is 3.29. The second kappa shape index (κ2) is 7.25. The van der Waals surface area contributed by atoms with E-state index < -0.39 is 0 Å². The molecule has 0 radical (unpaired) electrons. The van der Waals surface area contributed by atoms with Gasteiger partial charge in [-0.25, -0.2) is 4.98 Å². The molecular weight excluding hydrogens is 246 g/mol. The van der Waals surface area contributed by atoms with Crippen molar-refractivity contribution in [2.45, 2.75) is 33.1 Å². The first kappa shape index (κ1) is 14.8. The Morgan fingerprint density at radius 2 is 2.00 bits per heavy atom. The van der Waals surface area contributed by atoms with Crippen LogP contribution in [0.15, 0.2) is 30.3 Å². The molecule has 0 saturated carbocycles. The molecule has 3 nitrogen and oxygen atoms in total. The number of benzene rings is 1. The number of aromatic nitrogens is 1. The Morgan fingerprint density at radius 3 is 2.70 bits per heavy atom. The van der Waals surface area contributed by atoms with Gasteiger partial charge in [-0.2, -0.15) is 0 Å². The lowest BCUT2D eigenvalue weighted by Crippen LogP contribution is -2.26. The summed E-state index contributed by atoms with van der Waals surface area (Å²) in [7, 11) is 0. The molecule has 0 aliphatic carbocycles. The quantitative estimate of drug-likeness (QED) is 0.839. The van der Waals surface area contributed by atoms with E-state index in [9.17, 15) is 0 Å². The molecule has 0 unspecified atom stereocenters. The first-order chi connectivity index (χ1) is 9.80. The Bertz CT molecular complexity index is 551. The van der Waals surface area contributed by atoms with Gasteiger partial charge in [0.1, 0.15) is 5.82 Å². The number of hydrogen-bond donors (Lipinski definition) is 1. The number of anilines is 1. The van der Waals surface area contributed by atoms with E-state index in [0.29, 0.717) is 6.54 Å². The molecule has 20 heavy (non-hydrogen) atoms. The number of pyridine rings is 1. The summed E-state index contributed by atoms with van der Waals surface area (Å²) in [5.74, 6) is 1.12. The molecule has 0 saturated heterocycles. The van der Waals surface area contributed by atoms with Crippen molar-refractivity contribution in [1.82, 2.24) is 4.98 Å². The number of hydrogen-bond acceptors (Lipinski definition) is 3. The second-order valence-electron chi connectivity index (χ2n) is 5.14. The molecule has 3 heteroatoms. The third-order valence-electron chi connectivity index (χ3n) is 3.66. The van der Waals surface area contributed by atoms with Crippen LogP contribution < -0.4 is 10.6 Å². The van der Waals surface area contributed by atoms with Gasteiger partial charge in [-0.15, -0.1) is 0 Å². The van der Waals surface area contributed by atoms with Gasteiger partial charge in [-0.3, -0.25) is 0 Å². The number of para-hydroxylation sites is 1. The molecule has 1 aromatic carbocycles. The molecule has 0 aliphatic heterocycles. The lowest BCUT2D eigenvalue weighted by atomic mass is 10.1. The van der Waals surface area contributed by atoms with Gasteiger partial charge in [0.2, 0.25) is 0 Å². The largest absolute Gasteiger partial charge is 0.357 e. The minimum absolute atomic E-state index is 0.665. The highest BCUT2D eigenvalue weighted by molar-refractivity contribution is 5.81. The minimum Gasteiger partial charge on any atom is -0.357 e. The predicted octanol–water partition coefficient (Wildman–Crippen LogP) is 3.36. The third kappa shape index (κ3) is 3.28. The van der Waals surface area contributed by atoms with E-state index in [1.807, 2.05) is 6.07 Å². The first-order valence-corrected chi connectivity index (χ1v) is 7.63. The minimum atomic E-state index is 0.665. The lowest BCUT2D eigenvalue weighted by molar-refractivity contribution is 0.720. The highest BCUT2D eigenvalue weighted by Gasteiger charge is 2.12. The zero-order valence-electron chi connectivity index (χ0n) is 12.6. The summed E-state index contributed by atoms with van der Waals surface area (Å²) < 4.78 is 0. The summed E-state index contributed by atoms with van der Waals surface area (Å²) in [5.41, 5.74) is 8.10. The van der Waals surface area contributed by atoms with Crippen LogP contribution in [-0.2, 0) is 6.42 Å². The van der Waals surface area contributed by atoms with Crippen molar-refractivity contribution < 1.29 is 0 Å². The van der Waals surface area contributed by atoms with Crippen molar-refractivity contribution in [1.29, 1.82) is 0 Å². The monoisotopic (exact) mass is 271 g/mol. The van der Waals surface area contributed by atoms with E-state index in [-0.39, 0.29) is 0 Å². The van der Waals surface area contributed by atoms with Crippen molar-refractivity contribution in [3.8, 4) is 0 Å². The summed E-state index contributed by atoms with van der Waals surface area (Å²) in [6, 6.07) is 10.6. The van der Waals surface area contributed by atoms with Crippen molar-refractivity contribution in [2.75, 3.05) is 24.5 Å². The standard InChI is InChI=1S/C17H25N3/c1-3-5-12-20(4-2)17-15(10-11-18)13-14-8-6-7-9-16(14)19-17/h6-9,13H,3-5,10-12,18H2,1-2H3. The van der Waals surface area contributed by atoms with Crippen LogP contribution >= 0.6 is 0 Å². The molecule has 2 aromatic rings. The van der Waals surface area contributed by atoms with Gasteiger partial charge in [0.25, 0.3) is 0 Å². The molecule has 108 valence electrons. The van der Waals surface area contributed by atoms with Crippen LogP contribution in [0.25, 0.3) is 10.9 Å². The number of nitrogens with zero attached hydrogens (tertiary/aromatic N) is 2. The fourth-order valence-electron chi connectivity index (χ4n) is 2.53. The molecular formula is C17H25N3. The Hall–Kier alpha value is -1.61. The number of rotatable bonds is 7. The zero-order chi connectivity index (χ0) is 14.4. The average molecular weight is 271 g/mol. The average Bonchev–Trinajstić information content (AvgIpc) is 2.48. The third-order valence-corrected chi connectivity index (χ3v) is 3.66. The fraction of sp³-hybridized carbons (Fsp3) is 0.471. The molecule has 2 rings (SSSR count). The number of unbranched alkanes of at least 4 members (excludes halogenated alkanes) is 1. The first-order valence-electron chi connectivity index (χ1n) is 7.63. The summed E-state index contributed by atoms with van der Waals surface area (Å²) in [5, 5.41) is 1.20. The molecule has 0 bridgehead atoms. The van der Waals surface area contributed by atoms with E-state index in [2.05, 4.69) is 43.0 Å². The topological polar surface area (TPSA) is 42.2 Å². The summed E-state index contributed by atoms with van der Waals surface area (Å²) in [4.78, 5) is 7.26. The van der Waals surface area contributed by atoms with Crippen LogP contribution in [0, 0.1) is 0 Å². The molecule has 0 fully saturated rings. The van der Waals surface area contributed by atoms with Gasteiger partial charge in [0.15, 0.2) is 0 Å². The van der Waals surface area contributed by atoms with Crippen molar-refractivity contribution >= 4 is 16.7 Å². The van der Waals surface area contributed by atoms with E-state index in [4.69, 9.17) is 10.7 Å². The van der Waals surface area contributed by atoms with E-state index in [0.717, 1.165) is 30.8 Å². The Kier molecular flexibility index (Phi) is 5.36. The van der Waals surface area contributed by atoms with Gasteiger partial charge < -0.3 is 10.6 Å². The molecule has 1 aromatic heterocycles. The Labute approximate surface area is 121 Å². The van der Waals surface area contributed by atoms with Crippen LogP contribution in [0.2, 0.25) is 0 Å². The van der Waals surface area contributed by atoms with Crippen molar-refractivity contribution in [3.63, 3.8) is 0 Å². The zero-order valence-corrected chi connectivity index (χ0v) is 12.6. The van der Waals surface area contributed by atoms with Gasteiger partial charge in [-0.1, -0.05) is 31.5 Å². The second-order valence-corrected chi connectivity index (χ2v) is 5.14. The van der Waals surface area contributed by atoms with E-state index in [1.54, 1.807) is 0 Å². The number of fused-ring (bicyclic) bond motifs is 1. The highest BCUT2D eigenvalue weighted by Crippen LogP contribution is 2.24. The number of nitrogens with two attached hydrogens (primary N) is 1. The van der Waals surface area contributed by atoms with E-state index in [1.165, 1.54) is 23.8 Å². The van der Waals surface area contributed by atoms with E-state index >= 15 is 0 Å². The molecule has 0 amide bonds. The maximum Gasteiger partial charge on any atom is 0.132 e. The molecule has 0 atom stereocenters. The fourth-order valence-corrected chi connectivity index (χ4v) is 2.53. The van der Waals surface area contributed by atoms with Gasteiger partial charge in [0.05, 0.1) is 5.52 Å². The van der Waals surface area contributed by atoms with Gasteiger partial charge in [-0.05, 0) is 44.0 Å². The van der Waals surface area contributed by atoms with Crippen LogP contribution in [0.5, 0.6) is 0 Å². The Balaban J connectivity index is 2.44. The molecule has 1 heterocycles. The smallest absolute Gasteiger partial charge is 0.132 e. The lowest BCUT2D eigenvalue weighted by Gasteiger charge is -2.25. The molecule has 0 aliphatic rings. The van der Waals surface area contributed by atoms with Crippen LogP contribution in [0.3, 0.4) is 0 Å². The molecule has 0 spiro atoms. The predicted molar refractivity (Wildman–Crippen MR) is 87.3 cm³/mol.